The van der Waals surface area contributed by atoms with Gasteiger partial charge in [0, 0.05) is 0 Å². The molecule has 0 aliphatic heterocycles. The van der Waals surface area contributed by atoms with E-state index in [0.29, 0.717) is 5.49 Å². The monoisotopic (exact) mass is 121 g/mol. The van der Waals surface area contributed by atoms with E-state index in [4.69, 9.17) is 5.84 Å². The molecule has 46 valence electrons. The fourth-order valence-corrected chi connectivity index (χ4v) is 0.575. The van der Waals surface area contributed by atoms with Crippen molar-refractivity contribution >= 4 is 13.3 Å². The lowest BCUT2D eigenvalue weighted by molar-refractivity contribution is 1.05. The fourth-order valence-electron chi connectivity index (χ4n) is 0.575. The second kappa shape index (κ2) is 2.39. The first-order valence-corrected chi connectivity index (χ1v) is 2.72. The highest BCUT2D eigenvalue weighted by atomic mass is 15.1. The number of pyridine rings is 1. The molecular formula is C5H8BN3. The molecule has 1 aromatic heterocycles. The van der Waals surface area contributed by atoms with E-state index in [1.807, 2.05) is 26.2 Å². The first-order valence-electron chi connectivity index (χ1n) is 2.72. The van der Waals surface area contributed by atoms with E-state index in [2.05, 4.69) is 10.1 Å². The predicted octanol–water partition coefficient (Wildman–Crippen LogP) is -1.95. The molecule has 0 unspecified atom stereocenters. The van der Waals surface area contributed by atoms with Gasteiger partial charge in [0.05, 0.1) is 0 Å². The van der Waals surface area contributed by atoms with Crippen LogP contribution in [0, 0.1) is 0 Å². The lowest BCUT2D eigenvalue weighted by Crippen LogP contribution is -2.14. The molecule has 0 fully saturated rings. The largest absolute Gasteiger partial charge is 0.346 e. The number of hydrogen-bond acceptors (Lipinski definition) is 2. The Morgan fingerprint density at radius 3 is 2.78 bits per heavy atom. The van der Waals surface area contributed by atoms with Crippen LogP contribution in [0.3, 0.4) is 0 Å². The Morgan fingerprint density at radius 1 is 1.56 bits per heavy atom. The van der Waals surface area contributed by atoms with Crippen LogP contribution in [0.15, 0.2) is 23.4 Å². The van der Waals surface area contributed by atoms with Crippen molar-refractivity contribution in [2.45, 2.75) is 0 Å². The summed E-state index contributed by atoms with van der Waals surface area (Å²) in [7, 11) is 2.00. The lowest BCUT2D eigenvalue weighted by atomic mass is 9.99. The molecule has 0 saturated heterocycles. The summed E-state index contributed by atoms with van der Waals surface area (Å²) in [6, 6.07) is 3.78. The number of nitrogens with zero attached hydrogens (tertiary/aromatic N) is 1. The average molecular weight is 121 g/mol. The molecule has 0 saturated carbocycles. The molecule has 0 aliphatic rings. The van der Waals surface area contributed by atoms with Crippen molar-refractivity contribution in [1.82, 2.24) is 4.98 Å². The molecule has 3 N–H and O–H groups in total. The molecule has 1 rings (SSSR count). The zero-order chi connectivity index (χ0) is 6.69. The summed E-state index contributed by atoms with van der Waals surface area (Å²) in [6.45, 7) is 0. The molecule has 0 bridgehead atoms. The van der Waals surface area contributed by atoms with Crippen molar-refractivity contribution in [2.24, 2.45) is 10.9 Å². The molecule has 0 amide bonds. The minimum absolute atomic E-state index is 0.695. The summed E-state index contributed by atoms with van der Waals surface area (Å²) in [5.41, 5.74) is 1.86. The molecule has 0 aromatic carbocycles. The standard InChI is InChI=1S/C5H8BN3/c6-4-1-2-5(9-7)8-3-4/h1-3H,6-7H2,(H,8,9). The topological polar surface area (TPSA) is 54.2 Å². The van der Waals surface area contributed by atoms with E-state index in [9.17, 15) is 0 Å². The predicted molar refractivity (Wildman–Crippen MR) is 38.7 cm³/mol. The van der Waals surface area contributed by atoms with Crippen LogP contribution in [0.5, 0.6) is 0 Å². The van der Waals surface area contributed by atoms with Gasteiger partial charge in [0.1, 0.15) is 13.3 Å². The normalized spacial score (nSPS) is 11.8. The van der Waals surface area contributed by atoms with Crippen LogP contribution in [0.1, 0.15) is 0 Å². The van der Waals surface area contributed by atoms with Crippen LogP contribution in [0.25, 0.3) is 0 Å². The summed E-state index contributed by atoms with van der Waals surface area (Å²) in [4.78, 5) is 2.89. The first kappa shape index (κ1) is 5.94. The van der Waals surface area contributed by atoms with E-state index < -0.39 is 0 Å². The van der Waals surface area contributed by atoms with Gasteiger partial charge in [-0.1, -0.05) is 11.5 Å². The van der Waals surface area contributed by atoms with Gasteiger partial charge in [0.15, 0.2) is 0 Å². The van der Waals surface area contributed by atoms with Gasteiger partial charge in [-0.15, -0.1) is 0 Å². The maximum Gasteiger partial charge on any atom is 0.149 e. The van der Waals surface area contributed by atoms with Crippen molar-refractivity contribution in [1.29, 1.82) is 0 Å². The third-order valence-corrected chi connectivity index (χ3v) is 1.09. The smallest absolute Gasteiger partial charge is 0.149 e. The Bertz CT molecular complexity index is 232. The van der Waals surface area contributed by atoms with Gasteiger partial charge < -0.3 is 10.8 Å². The van der Waals surface area contributed by atoms with Crippen molar-refractivity contribution in [3.8, 4) is 0 Å². The van der Waals surface area contributed by atoms with E-state index >= 15 is 0 Å². The molecule has 0 spiro atoms. The summed E-state index contributed by atoms with van der Waals surface area (Å²) < 4.78 is 0. The van der Waals surface area contributed by atoms with E-state index in [1.165, 1.54) is 5.46 Å². The zero-order valence-corrected chi connectivity index (χ0v) is 5.26. The number of rotatable bonds is 0. The zero-order valence-electron chi connectivity index (χ0n) is 5.26. The number of hydrogen-bond donors (Lipinski definition) is 2. The second-order valence-corrected chi connectivity index (χ2v) is 1.88. The SMILES string of the molecule is Bc1cc/c(=N/N)[nH]c1. The van der Waals surface area contributed by atoms with Gasteiger partial charge in [0.2, 0.25) is 0 Å². The quantitative estimate of drug-likeness (QED) is 0.234. The number of nitrogens with one attached hydrogen (secondary N) is 1. The van der Waals surface area contributed by atoms with Crippen LogP contribution >= 0.6 is 0 Å². The molecule has 1 heterocycles. The van der Waals surface area contributed by atoms with Gasteiger partial charge in [-0.25, -0.2) is 0 Å². The Morgan fingerprint density at radius 2 is 2.33 bits per heavy atom. The summed E-state index contributed by atoms with van der Waals surface area (Å²) in [5, 5.41) is 3.46. The van der Waals surface area contributed by atoms with Crippen LogP contribution in [0.2, 0.25) is 0 Å². The van der Waals surface area contributed by atoms with Crippen LogP contribution < -0.4 is 16.8 Å². The lowest BCUT2D eigenvalue weighted by Gasteiger charge is -1.87. The Kier molecular flexibility index (Phi) is 1.58. The molecule has 3 nitrogen and oxygen atoms in total. The van der Waals surface area contributed by atoms with Gasteiger partial charge in [-0.3, -0.25) is 0 Å². The highest BCUT2D eigenvalue weighted by Crippen LogP contribution is 1.63. The number of nitrogens with two attached hydrogens (primary N) is 1. The molecular weight excluding hydrogens is 113 g/mol. The first-order chi connectivity index (χ1) is 4.33. The van der Waals surface area contributed by atoms with Crippen LogP contribution in [0.4, 0.5) is 0 Å². The van der Waals surface area contributed by atoms with E-state index in [1.54, 1.807) is 0 Å². The maximum atomic E-state index is 4.99. The average Bonchev–Trinajstić information content (AvgIpc) is 1.90. The summed E-state index contributed by atoms with van der Waals surface area (Å²) >= 11 is 0. The summed E-state index contributed by atoms with van der Waals surface area (Å²) in [6.07, 6.45) is 1.85. The number of aromatic nitrogens is 1. The Hall–Kier alpha value is -1.19. The van der Waals surface area contributed by atoms with Gasteiger partial charge >= 0.3 is 0 Å². The molecule has 0 atom stereocenters. The second-order valence-electron chi connectivity index (χ2n) is 1.88. The molecule has 4 heteroatoms. The maximum absolute atomic E-state index is 4.99. The Balaban J connectivity index is 3.17. The third-order valence-electron chi connectivity index (χ3n) is 1.09. The molecule has 1 aromatic rings. The fraction of sp³-hybridized carbons (Fsp3) is 0. The van der Waals surface area contributed by atoms with Crippen molar-refractivity contribution in [2.75, 3.05) is 0 Å². The van der Waals surface area contributed by atoms with E-state index in [0.717, 1.165) is 0 Å². The molecule has 0 radical (unpaired) electrons. The van der Waals surface area contributed by atoms with Gasteiger partial charge in [-0.05, 0) is 12.3 Å². The minimum Gasteiger partial charge on any atom is -0.346 e. The van der Waals surface area contributed by atoms with E-state index in [-0.39, 0.29) is 0 Å². The molecule has 0 aliphatic carbocycles. The van der Waals surface area contributed by atoms with Gasteiger partial charge in [-0.2, -0.15) is 5.10 Å². The van der Waals surface area contributed by atoms with Gasteiger partial charge in [0.25, 0.3) is 0 Å². The number of H-pyrrole nitrogens is 1. The third kappa shape index (κ3) is 1.35. The highest BCUT2D eigenvalue weighted by molar-refractivity contribution is 6.31. The van der Waals surface area contributed by atoms with Crippen molar-refractivity contribution in [3.63, 3.8) is 0 Å². The van der Waals surface area contributed by atoms with Crippen molar-refractivity contribution in [3.05, 3.63) is 23.8 Å². The summed E-state index contributed by atoms with van der Waals surface area (Å²) in [5.74, 6) is 4.99. The van der Waals surface area contributed by atoms with Crippen LogP contribution in [-0.4, -0.2) is 12.8 Å². The minimum atomic E-state index is 0.695. The highest BCUT2D eigenvalue weighted by Gasteiger charge is 1.78. The Labute approximate surface area is 54.0 Å². The van der Waals surface area contributed by atoms with Crippen molar-refractivity contribution < 1.29 is 0 Å². The number of aromatic amines is 1. The molecule has 9 heavy (non-hydrogen) atoms. The van der Waals surface area contributed by atoms with Crippen LogP contribution in [-0.2, 0) is 0 Å².